The number of ether oxygens (including phenoxy) is 1. The Balaban J connectivity index is 2.00. The second-order valence-electron chi connectivity index (χ2n) is 4.41. The van der Waals surface area contributed by atoms with E-state index in [0.29, 0.717) is 0 Å². The molecule has 0 bridgehead atoms. The Hall–Kier alpha value is -0.790. The van der Waals surface area contributed by atoms with Gasteiger partial charge in [0, 0.05) is 6.92 Å². The van der Waals surface area contributed by atoms with Crippen molar-refractivity contribution in [3.63, 3.8) is 0 Å². The molecule has 0 saturated heterocycles. The van der Waals surface area contributed by atoms with Crippen LogP contribution in [0.2, 0.25) is 0 Å². The summed E-state index contributed by atoms with van der Waals surface area (Å²) in [6.07, 6.45) is 9.76. The first-order valence-electron chi connectivity index (χ1n) is 5.63. The van der Waals surface area contributed by atoms with Gasteiger partial charge in [-0.2, -0.15) is 0 Å². The topological polar surface area (TPSA) is 26.3 Å². The van der Waals surface area contributed by atoms with Gasteiger partial charge >= 0.3 is 5.97 Å². The lowest BCUT2D eigenvalue weighted by molar-refractivity contribution is -0.144. The van der Waals surface area contributed by atoms with Gasteiger partial charge in [0.25, 0.3) is 0 Å². The molecule has 2 rings (SSSR count). The molecule has 2 aliphatic rings. The zero-order valence-corrected chi connectivity index (χ0v) is 8.79. The van der Waals surface area contributed by atoms with E-state index in [-0.39, 0.29) is 12.1 Å². The highest BCUT2D eigenvalue weighted by atomic mass is 16.5. The summed E-state index contributed by atoms with van der Waals surface area (Å²) in [5.41, 5.74) is 1.55. The lowest BCUT2D eigenvalue weighted by atomic mass is 9.77. The molecule has 0 spiro atoms. The summed E-state index contributed by atoms with van der Waals surface area (Å²) >= 11 is 0. The Morgan fingerprint density at radius 1 is 1.36 bits per heavy atom. The van der Waals surface area contributed by atoms with E-state index in [1.54, 1.807) is 5.57 Å². The third-order valence-corrected chi connectivity index (χ3v) is 3.31. The zero-order valence-electron chi connectivity index (χ0n) is 8.79. The molecule has 0 N–H and O–H groups in total. The number of esters is 1. The number of allylic oxidation sites excluding steroid dienone is 1. The predicted octanol–water partition coefficient (Wildman–Crippen LogP) is 2.83. The molecule has 0 heterocycles. The molecule has 2 aliphatic carbocycles. The molecule has 0 aromatic carbocycles. The number of fused-ring (bicyclic) bond motifs is 1. The van der Waals surface area contributed by atoms with Crippen LogP contribution >= 0.6 is 0 Å². The summed E-state index contributed by atoms with van der Waals surface area (Å²) < 4.78 is 5.22. The number of hydrogen-bond acceptors (Lipinski definition) is 2. The van der Waals surface area contributed by atoms with Gasteiger partial charge in [0.1, 0.15) is 6.10 Å². The van der Waals surface area contributed by atoms with Gasteiger partial charge in [-0.05, 0) is 44.1 Å². The first-order chi connectivity index (χ1) is 6.75. The third kappa shape index (κ3) is 2.17. The lowest BCUT2D eigenvalue weighted by Crippen LogP contribution is -2.23. The van der Waals surface area contributed by atoms with Crippen LogP contribution in [0, 0.1) is 5.92 Å². The van der Waals surface area contributed by atoms with Crippen LogP contribution in [0.15, 0.2) is 11.6 Å². The fourth-order valence-corrected chi connectivity index (χ4v) is 2.65. The Morgan fingerprint density at radius 2 is 2.21 bits per heavy atom. The van der Waals surface area contributed by atoms with Crippen molar-refractivity contribution in [1.82, 2.24) is 0 Å². The van der Waals surface area contributed by atoms with Gasteiger partial charge in [0.15, 0.2) is 0 Å². The minimum absolute atomic E-state index is 0.0665. The smallest absolute Gasteiger partial charge is 0.303 e. The third-order valence-electron chi connectivity index (χ3n) is 3.31. The van der Waals surface area contributed by atoms with E-state index in [1.807, 2.05) is 0 Å². The van der Waals surface area contributed by atoms with E-state index in [0.717, 1.165) is 12.3 Å². The van der Waals surface area contributed by atoms with Crippen LogP contribution in [-0.2, 0) is 9.53 Å². The molecular formula is C12H18O2. The molecule has 78 valence electrons. The molecule has 2 heteroatoms. The van der Waals surface area contributed by atoms with Crippen LogP contribution in [0.3, 0.4) is 0 Å². The molecule has 14 heavy (non-hydrogen) atoms. The molecular weight excluding hydrogens is 176 g/mol. The van der Waals surface area contributed by atoms with Crippen molar-refractivity contribution < 1.29 is 9.53 Å². The van der Waals surface area contributed by atoms with Gasteiger partial charge in [-0.3, -0.25) is 4.79 Å². The van der Waals surface area contributed by atoms with Crippen molar-refractivity contribution >= 4 is 5.97 Å². The number of carbonyl (C=O) groups excluding carboxylic acids is 1. The highest BCUT2D eigenvalue weighted by Crippen LogP contribution is 2.37. The normalized spacial score (nSPS) is 31.6. The lowest BCUT2D eigenvalue weighted by Gasteiger charge is -2.31. The first-order valence-corrected chi connectivity index (χ1v) is 5.63. The summed E-state index contributed by atoms with van der Waals surface area (Å²) in [5.74, 6) is 0.650. The van der Waals surface area contributed by atoms with Crippen molar-refractivity contribution in [2.75, 3.05) is 0 Å². The summed E-state index contributed by atoms with van der Waals surface area (Å²) in [6, 6.07) is 0. The highest BCUT2D eigenvalue weighted by Gasteiger charge is 2.26. The van der Waals surface area contributed by atoms with Crippen LogP contribution in [0.1, 0.15) is 45.4 Å². The number of carbonyl (C=O) groups is 1. The molecule has 0 amide bonds. The van der Waals surface area contributed by atoms with Gasteiger partial charge in [-0.1, -0.05) is 12.0 Å². The second kappa shape index (κ2) is 4.16. The van der Waals surface area contributed by atoms with Crippen molar-refractivity contribution in [2.45, 2.75) is 51.6 Å². The molecule has 0 aromatic heterocycles. The molecule has 0 radical (unpaired) electrons. The Bertz CT molecular complexity index is 255. The largest absolute Gasteiger partial charge is 0.458 e. The van der Waals surface area contributed by atoms with Crippen molar-refractivity contribution in [3.8, 4) is 0 Å². The molecule has 2 atom stereocenters. The fourth-order valence-electron chi connectivity index (χ4n) is 2.65. The molecule has 1 saturated carbocycles. The Morgan fingerprint density at radius 3 is 3.00 bits per heavy atom. The van der Waals surface area contributed by atoms with Crippen LogP contribution in [0.25, 0.3) is 0 Å². The highest BCUT2D eigenvalue weighted by molar-refractivity contribution is 5.66. The van der Waals surface area contributed by atoms with E-state index in [9.17, 15) is 4.79 Å². The summed E-state index contributed by atoms with van der Waals surface area (Å²) in [5, 5.41) is 0. The van der Waals surface area contributed by atoms with Gasteiger partial charge in [-0.15, -0.1) is 0 Å². The average Bonchev–Trinajstić information content (AvgIpc) is 2.17. The molecule has 0 aliphatic heterocycles. The quantitative estimate of drug-likeness (QED) is 0.474. The van der Waals surface area contributed by atoms with Crippen LogP contribution < -0.4 is 0 Å². The van der Waals surface area contributed by atoms with Crippen LogP contribution in [0.5, 0.6) is 0 Å². The molecule has 1 fully saturated rings. The average molecular weight is 194 g/mol. The molecule has 0 unspecified atom stereocenters. The zero-order chi connectivity index (χ0) is 9.97. The van der Waals surface area contributed by atoms with Crippen molar-refractivity contribution in [2.24, 2.45) is 5.92 Å². The SMILES string of the molecule is CC(=O)O[C@@H]1C=C2CCCC[C@H]2CC1. The maximum Gasteiger partial charge on any atom is 0.303 e. The Kier molecular flexibility index (Phi) is 2.90. The van der Waals surface area contributed by atoms with Crippen LogP contribution in [-0.4, -0.2) is 12.1 Å². The van der Waals surface area contributed by atoms with E-state index in [4.69, 9.17) is 4.74 Å². The van der Waals surface area contributed by atoms with Crippen LogP contribution in [0.4, 0.5) is 0 Å². The van der Waals surface area contributed by atoms with Gasteiger partial charge in [0.05, 0.1) is 0 Å². The van der Waals surface area contributed by atoms with Gasteiger partial charge in [-0.25, -0.2) is 0 Å². The number of hydrogen-bond donors (Lipinski definition) is 0. The fraction of sp³-hybridized carbons (Fsp3) is 0.750. The minimum Gasteiger partial charge on any atom is -0.458 e. The summed E-state index contributed by atoms with van der Waals surface area (Å²) in [6.45, 7) is 1.49. The van der Waals surface area contributed by atoms with E-state index in [1.165, 1.54) is 39.0 Å². The van der Waals surface area contributed by atoms with Gasteiger partial charge in [0.2, 0.25) is 0 Å². The van der Waals surface area contributed by atoms with E-state index in [2.05, 4.69) is 6.08 Å². The van der Waals surface area contributed by atoms with Crippen molar-refractivity contribution in [3.05, 3.63) is 11.6 Å². The Labute approximate surface area is 85.3 Å². The van der Waals surface area contributed by atoms with E-state index >= 15 is 0 Å². The maximum atomic E-state index is 10.8. The number of rotatable bonds is 1. The van der Waals surface area contributed by atoms with Gasteiger partial charge < -0.3 is 4.74 Å². The van der Waals surface area contributed by atoms with E-state index < -0.39 is 0 Å². The summed E-state index contributed by atoms with van der Waals surface area (Å²) in [4.78, 5) is 10.8. The van der Waals surface area contributed by atoms with Crippen molar-refractivity contribution in [1.29, 1.82) is 0 Å². The predicted molar refractivity (Wildman–Crippen MR) is 54.8 cm³/mol. The minimum atomic E-state index is -0.152. The molecule has 0 aromatic rings. The summed E-state index contributed by atoms with van der Waals surface area (Å²) in [7, 11) is 0. The monoisotopic (exact) mass is 194 g/mol. The second-order valence-corrected chi connectivity index (χ2v) is 4.41. The molecule has 2 nitrogen and oxygen atoms in total. The standard InChI is InChI=1S/C12H18O2/c1-9(13)14-12-7-6-10-4-2-3-5-11(10)8-12/h8,10,12H,2-7H2,1H3/t10-,12-/m0/s1. The maximum absolute atomic E-state index is 10.8. The first kappa shape index (κ1) is 9.75.